The lowest BCUT2D eigenvalue weighted by atomic mass is 10.1. The maximum absolute atomic E-state index is 12.5. The zero-order chi connectivity index (χ0) is 14.1. The van der Waals surface area contributed by atoms with Gasteiger partial charge in [-0.3, -0.25) is 0 Å². The van der Waals surface area contributed by atoms with Gasteiger partial charge in [0.25, 0.3) is 0 Å². The average Bonchev–Trinajstić information content (AvgIpc) is 2.17. The van der Waals surface area contributed by atoms with E-state index in [2.05, 4.69) is 26.0 Å². The molecule has 1 aromatic carbocycles. The number of benzene rings is 1. The van der Waals surface area contributed by atoms with Crippen molar-refractivity contribution in [3.8, 4) is 0 Å². The topological polar surface area (TPSA) is 48.8 Å². The van der Waals surface area contributed by atoms with Gasteiger partial charge in [0.15, 0.2) is 0 Å². The Morgan fingerprint density at radius 2 is 1.44 bits per heavy atom. The van der Waals surface area contributed by atoms with Crippen LogP contribution in [0.4, 0.5) is 32.0 Å². The molecule has 3 nitrogen and oxygen atoms in total. The Bertz CT molecular complexity index is 515. The van der Waals surface area contributed by atoms with Crippen LogP contribution in [-0.2, 0) is 12.4 Å². The summed E-state index contributed by atoms with van der Waals surface area (Å²) in [6, 6.07) is 0.374. The normalized spacial score (nSPS) is 12.2. The van der Waals surface area contributed by atoms with Gasteiger partial charge in [0.05, 0.1) is 16.8 Å². The predicted octanol–water partition coefficient (Wildman–Crippen LogP) is 5.43. The van der Waals surface area contributed by atoms with Crippen LogP contribution in [0.3, 0.4) is 0 Å². The van der Waals surface area contributed by atoms with Crippen LogP contribution in [0.15, 0.2) is 21.7 Å². The lowest BCUT2D eigenvalue weighted by Crippen LogP contribution is -2.16. The third-order valence-electron chi connectivity index (χ3n) is 1.85. The molecule has 0 unspecified atom stereocenters. The van der Waals surface area contributed by atoms with Gasteiger partial charge in [-0.2, -0.15) is 26.3 Å². The molecule has 0 saturated heterocycles. The number of alkyl halides is 6. The Labute approximate surface area is 104 Å². The predicted molar refractivity (Wildman–Crippen MR) is 53.0 cm³/mol. The molecule has 1 aromatic rings. The van der Waals surface area contributed by atoms with Gasteiger partial charge in [-0.05, 0) is 17.7 Å². The fourth-order valence-electron chi connectivity index (χ4n) is 1.16. The third kappa shape index (κ3) is 3.08. The van der Waals surface area contributed by atoms with E-state index >= 15 is 0 Å². The highest BCUT2D eigenvalue weighted by atomic mass is 79.9. The fraction of sp³-hybridized carbons (Fsp3) is 0.250. The summed E-state index contributed by atoms with van der Waals surface area (Å²) in [7, 11) is 0. The van der Waals surface area contributed by atoms with Gasteiger partial charge in [-0.1, -0.05) is 21.0 Å². The Morgan fingerprint density at radius 1 is 1.00 bits per heavy atom. The maximum atomic E-state index is 12.5. The van der Waals surface area contributed by atoms with E-state index in [4.69, 9.17) is 5.53 Å². The number of hydrogen-bond acceptors (Lipinski definition) is 1. The molecule has 0 aliphatic rings. The molecule has 0 heterocycles. The molecule has 98 valence electrons. The minimum atomic E-state index is -5.20. The van der Waals surface area contributed by atoms with Gasteiger partial charge < -0.3 is 0 Å². The molecule has 0 aliphatic carbocycles. The van der Waals surface area contributed by atoms with Gasteiger partial charge in [0, 0.05) is 9.38 Å². The Hall–Kier alpha value is -1.41. The molecule has 0 amide bonds. The summed E-state index contributed by atoms with van der Waals surface area (Å²) in [6.45, 7) is 0. The first kappa shape index (κ1) is 14.7. The van der Waals surface area contributed by atoms with Gasteiger partial charge in [0.1, 0.15) is 0 Å². The zero-order valence-corrected chi connectivity index (χ0v) is 9.73. The van der Waals surface area contributed by atoms with Crippen LogP contribution < -0.4 is 0 Å². The van der Waals surface area contributed by atoms with E-state index in [9.17, 15) is 26.3 Å². The van der Waals surface area contributed by atoms with Crippen LogP contribution in [0.1, 0.15) is 11.1 Å². The zero-order valence-electron chi connectivity index (χ0n) is 8.14. The average molecular weight is 334 g/mol. The Morgan fingerprint density at radius 3 is 1.83 bits per heavy atom. The van der Waals surface area contributed by atoms with Crippen LogP contribution in [0.25, 0.3) is 10.4 Å². The van der Waals surface area contributed by atoms with Crippen LogP contribution in [-0.4, -0.2) is 0 Å². The SMILES string of the molecule is [N-]=[N+]=Nc1cc(C(F)(F)F)c(C(F)(F)F)cc1Br. The van der Waals surface area contributed by atoms with Crippen molar-refractivity contribution in [2.75, 3.05) is 0 Å². The van der Waals surface area contributed by atoms with Crippen molar-refractivity contribution >= 4 is 21.6 Å². The highest BCUT2D eigenvalue weighted by Crippen LogP contribution is 2.44. The van der Waals surface area contributed by atoms with Gasteiger partial charge in [-0.15, -0.1) is 0 Å². The molecule has 1 rings (SSSR count). The van der Waals surface area contributed by atoms with Crippen LogP contribution in [0.5, 0.6) is 0 Å². The van der Waals surface area contributed by atoms with E-state index in [1.807, 2.05) is 0 Å². The van der Waals surface area contributed by atoms with E-state index in [0.717, 1.165) is 0 Å². The van der Waals surface area contributed by atoms with Crippen molar-refractivity contribution in [2.45, 2.75) is 12.4 Å². The number of hydrogen-bond donors (Lipinski definition) is 0. The van der Waals surface area contributed by atoms with Crippen molar-refractivity contribution in [3.63, 3.8) is 0 Å². The number of halogens is 7. The largest absolute Gasteiger partial charge is 0.417 e. The summed E-state index contributed by atoms with van der Waals surface area (Å²) in [5.74, 6) is 0. The summed E-state index contributed by atoms with van der Waals surface area (Å²) >= 11 is 2.61. The molecule has 0 spiro atoms. The lowest BCUT2D eigenvalue weighted by Gasteiger charge is -2.16. The van der Waals surface area contributed by atoms with E-state index < -0.39 is 29.2 Å². The smallest absolute Gasteiger partial charge is 0.166 e. The van der Waals surface area contributed by atoms with Crippen LogP contribution in [0, 0.1) is 0 Å². The fourth-order valence-corrected chi connectivity index (χ4v) is 1.58. The maximum Gasteiger partial charge on any atom is 0.417 e. The van der Waals surface area contributed by atoms with Crippen molar-refractivity contribution in [2.24, 2.45) is 5.11 Å². The molecule has 0 saturated carbocycles. The molecule has 0 fully saturated rings. The van der Waals surface area contributed by atoms with Gasteiger partial charge in [-0.25, -0.2) is 0 Å². The quantitative estimate of drug-likeness (QED) is 0.285. The first-order chi connectivity index (χ1) is 8.07. The molecule has 0 atom stereocenters. The summed E-state index contributed by atoms with van der Waals surface area (Å²) in [4.78, 5) is 2.23. The molecule has 0 N–H and O–H groups in total. The first-order valence-electron chi connectivity index (χ1n) is 4.10. The number of rotatable bonds is 1. The van der Waals surface area contributed by atoms with E-state index in [0.29, 0.717) is 0 Å². The monoisotopic (exact) mass is 333 g/mol. The molecule has 10 heteroatoms. The number of azide groups is 1. The minimum Gasteiger partial charge on any atom is -0.166 e. The van der Waals surface area contributed by atoms with Gasteiger partial charge >= 0.3 is 12.4 Å². The summed E-state index contributed by atoms with van der Waals surface area (Å²) in [5.41, 5.74) is 3.78. The second kappa shape index (κ2) is 4.69. The molecule has 18 heavy (non-hydrogen) atoms. The van der Waals surface area contributed by atoms with Crippen LogP contribution >= 0.6 is 15.9 Å². The molecule has 0 bridgehead atoms. The highest BCUT2D eigenvalue weighted by Gasteiger charge is 2.43. The Kier molecular flexibility index (Phi) is 3.82. The Balaban J connectivity index is 3.63. The van der Waals surface area contributed by atoms with Crippen molar-refractivity contribution < 1.29 is 26.3 Å². The molecule has 0 radical (unpaired) electrons. The van der Waals surface area contributed by atoms with E-state index in [1.54, 1.807) is 0 Å². The second-order valence-corrected chi connectivity index (χ2v) is 3.89. The van der Waals surface area contributed by atoms with Gasteiger partial charge in [0.2, 0.25) is 0 Å². The van der Waals surface area contributed by atoms with Crippen LogP contribution in [0.2, 0.25) is 0 Å². The first-order valence-corrected chi connectivity index (χ1v) is 4.89. The third-order valence-corrected chi connectivity index (χ3v) is 2.49. The van der Waals surface area contributed by atoms with Crippen molar-refractivity contribution in [3.05, 3.63) is 38.2 Å². The number of nitrogens with zero attached hydrogens (tertiary/aromatic N) is 3. The van der Waals surface area contributed by atoms with Crippen molar-refractivity contribution in [1.82, 2.24) is 0 Å². The summed E-state index contributed by atoms with van der Waals surface area (Å²) < 4.78 is 74.4. The molecular formula is C8H2BrF6N3. The minimum absolute atomic E-state index is 0.145. The lowest BCUT2D eigenvalue weighted by molar-refractivity contribution is -0.162. The summed E-state index contributed by atoms with van der Waals surface area (Å²) in [5, 5.41) is 2.87. The standard InChI is InChI=1S/C8H2BrF6N3/c9-5-1-3(7(10,11)12)4(8(13,14)15)2-6(5)17-18-16/h1-2H. The van der Waals surface area contributed by atoms with E-state index in [-0.39, 0.29) is 16.6 Å². The molecule has 0 aliphatic heterocycles. The highest BCUT2D eigenvalue weighted by molar-refractivity contribution is 9.10. The van der Waals surface area contributed by atoms with Crippen molar-refractivity contribution in [1.29, 1.82) is 0 Å². The molecular weight excluding hydrogens is 332 g/mol. The second-order valence-electron chi connectivity index (χ2n) is 3.03. The van der Waals surface area contributed by atoms with E-state index in [1.165, 1.54) is 0 Å². The summed E-state index contributed by atoms with van der Waals surface area (Å²) in [6.07, 6.45) is -10.4. The molecule has 0 aromatic heterocycles.